The molecule has 0 aliphatic carbocycles. The molecule has 1 aromatic rings. The molecule has 0 spiro atoms. The van der Waals surface area contributed by atoms with Crippen LogP contribution in [0.4, 0.5) is 0 Å². The van der Waals surface area contributed by atoms with Crippen LogP contribution in [0.5, 0.6) is 11.5 Å². The molecule has 0 saturated carbocycles. The molecule has 0 aromatic heterocycles. The van der Waals surface area contributed by atoms with E-state index < -0.39 is 11.7 Å². The zero-order chi connectivity index (χ0) is 14.8. The molecule has 0 radical (unpaired) electrons. The first-order chi connectivity index (χ1) is 8.62. The van der Waals surface area contributed by atoms with E-state index in [4.69, 9.17) is 0 Å². The first kappa shape index (κ1) is 15.8. The Hall–Kier alpha value is -1.26. The quantitative estimate of drug-likeness (QED) is 0.618. The maximum absolute atomic E-state index is 9.89. The molecule has 0 heterocycles. The summed E-state index contributed by atoms with van der Waals surface area (Å²) < 4.78 is 0. The number of aryl methyl sites for hydroxylation is 1. The summed E-state index contributed by atoms with van der Waals surface area (Å²) in [4.78, 5) is 0. The molecule has 0 amide bonds. The third-order valence-corrected chi connectivity index (χ3v) is 3.56. The van der Waals surface area contributed by atoms with E-state index >= 15 is 0 Å². The van der Waals surface area contributed by atoms with E-state index in [1.165, 1.54) is 6.07 Å². The summed E-state index contributed by atoms with van der Waals surface area (Å²) in [6, 6.07) is 3.10. The number of rotatable bonds is 5. The maximum atomic E-state index is 9.89. The van der Waals surface area contributed by atoms with Crippen molar-refractivity contribution in [3.8, 4) is 11.5 Å². The number of hydrogen-bond donors (Lipinski definition) is 4. The van der Waals surface area contributed by atoms with Gasteiger partial charge < -0.3 is 20.4 Å². The van der Waals surface area contributed by atoms with Gasteiger partial charge in [-0.15, -0.1) is 0 Å². The third-order valence-electron chi connectivity index (χ3n) is 3.56. The third kappa shape index (κ3) is 4.11. The van der Waals surface area contributed by atoms with Gasteiger partial charge in [-0.2, -0.15) is 0 Å². The Labute approximate surface area is 114 Å². The summed E-state index contributed by atoms with van der Waals surface area (Å²) in [5, 5.41) is 39.0. The molecule has 0 aliphatic rings. The lowest BCUT2D eigenvalue weighted by atomic mass is 9.89. The molecule has 1 aromatic carbocycles. The average molecular weight is 268 g/mol. The number of benzene rings is 1. The van der Waals surface area contributed by atoms with E-state index in [1.807, 2.05) is 6.92 Å². The second kappa shape index (κ2) is 5.80. The Kier molecular flexibility index (Phi) is 4.82. The van der Waals surface area contributed by atoms with Crippen molar-refractivity contribution in [2.75, 3.05) is 0 Å². The molecule has 108 valence electrons. The predicted octanol–water partition coefficient (Wildman–Crippen LogP) is 2.42. The van der Waals surface area contributed by atoms with Gasteiger partial charge in [-0.25, -0.2) is 0 Å². The van der Waals surface area contributed by atoms with Crippen LogP contribution in [0.2, 0.25) is 0 Å². The van der Waals surface area contributed by atoms with E-state index in [0.717, 1.165) is 0 Å². The number of phenolic OH excluding ortho intramolecular Hbond substituents is 2. The second-order valence-electron chi connectivity index (χ2n) is 5.85. The Morgan fingerprint density at radius 3 is 2.21 bits per heavy atom. The molecule has 4 nitrogen and oxygen atoms in total. The van der Waals surface area contributed by atoms with E-state index in [2.05, 4.69) is 0 Å². The molecule has 2 atom stereocenters. The summed E-state index contributed by atoms with van der Waals surface area (Å²) in [6.45, 7) is 6.78. The highest BCUT2D eigenvalue weighted by atomic mass is 16.3. The molecule has 1 rings (SSSR count). The number of aliphatic hydroxyl groups is 2. The van der Waals surface area contributed by atoms with Gasteiger partial charge >= 0.3 is 0 Å². The SMILES string of the molecule is Cc1cc(O)c([C@H](C)CC[C@@H](O)C(C)(C)O)cc1O. The summed E-state index contributed by atoms with van der Waals surface area (Å²) in [6.07, 6.45) is 0.232. The first-order valence-electron chi connectivity index (χ1n) is 6.55. The van der Waals surface area contributed by atoms with Crippen LogP contribution in [0.3, 0.4) is 0 Å². The smallest absolute Gasteiger partial charge is 0.119 e. The van der Waals surface area contributed by atoms with Gasteiger partial charge in [0.05, 0.1) is 11.7 Å². The molecule has 4 N–H and O–H groups in total. The van der Waals surface area contributed by atoms with Crippen molar-refractivity contribution in [3.63, 3.8) is 0 Å². The molecular weight excluding hydrogens is 244 g/mol. The van der Waals surface area contributed by atoms with Gasteiger partial charge in [0.15, 0.2) is 0 Å². The highest BCUT2D eigenvalue weighted by molar-refractivity contribution is 5.45. The summed E-state index contributed by atoms with van der Waals surface area (Å²) in [5.74, 6) is 0.298. The zero-order valence-electron chi connectivity index (χ0n) is 12.0. The van der Waals surface area contributed by atoms with Crippen LogP contribution in [0, 0.1) is 6.92 Å². The van der Waals surface area contributed by atoms with Crippen LogP contribution < -0.4 is 0 Å². The van der Waals surface area contributed by atoms with Crippen LogP contribution in [-0.4, -0.2) is 32.1 Å². The zero-order valence-corrected chi connectivity index (χ0v) is 12.0. The summed E-state index contributed by atoms with van der Waals surface area (Å²) >= 11 is 0. The van der Waals surface area contributed by atoms with Crippen LogP contribution in [0.15, 0.2) is 12.1 Å². The number of aliphatic hydroxyl groups excluding tert-OH is 1. The molecule has 4 heteroatoms. The monoisotopic (exact) mass is 268 g/mol. The van der Waals surface area contributed by atoms with Crippen molar-refractivity contribution >= 4 is 0 Å². The Balaban J connectivity index is 2.74. The van der Waals surface area contributed by atoms with Crippen molar-refractivity contribution in [2.24, 2.45) is 0 Å². The Morgan fingerprint density at radius 1 is 1.11 bits per heavy atom. The lowest BCUT2D eigenvalue weighted by molar-refractivity contribution is -0.0525. The largest absolute Gasteiger partial charge is 0.508 e. The van der Waals surface area contributed by atoms with Gasteiger partial charge in [-0.1, -0.05) is 6.92 Å². The minimum absolute atomic E-state index is 0.0106. The van der Waals surface area contributed by atoms with Gasteiger partial charge in [0.2, 0.25) is 0 Å². The topological polar surface area (TPSA) is 80.9 Å². The van der Waals surface area contributed by atoms with Crippen molar-refractivity contribution in [2.45, 2.75) is 58.2 Å². The van der Waals surface area contributed by atoms with E-state index in [9.17, 15) is 20.4 Å². The number of aromatic hydroxyl groups is 2. The first-order valence-corrected chi connectivity index (χ1v) is 6.55. The van der Waals surface area contributed by atoms with Crippen LogP contribution in [-0.2, 0) is 0 Å². The average Bonchev–Trinajstić information content (AvgIpc) is 2.29. The normalized spacial score (nSPS) is 15.3. The van der Waals surface area contributed by atoms with Crippen LogP contribution in [0.25, 0.3) is 0 Å². The fourth-order valence-corrected chi connectivity index (χ4v) is 2.01. The van der Waals surface area contributed by atoms with Gasteiger partial charge in [0.25, 0.3) is 0 Å². The lowest BCUT2D eigenvalue weighted by Gasteiger charge is -2.25. The Bertz CT molecular complexity index is 435. The highest BCUT2D eigenvalue weighted by Crippen LogP contribution is 2.34. The number of phenols is 2. The molecule has 19 heavy (non-hydrogen) atoms. The van der Waals surface area contributed by atoms with E-state index in [-0.39, 0.29) is 17.4 Å². The Morgan fingerprint density at radius 2 is 1.68 bits per heavy atom. The molecule has 0 unspecified atom stereocenters. The van der Waals surface area contributed by atoms with Crippen molar-refractivity contribution in [3.05, 3.63) is 23.3 Å². The summed E-state index contributed by atoms with van der Waals surface area (Å²) in [7, 11) is 0. The van der Waals surface area contributed by atoms with Gasteiger partial charge in [-0.05, 0) is 57.2 Å². The lowest BCUT2D eigenvalue weighted by Crippen LogP contribution is -2.35. The van der Waals surface area contributed by atoms with Crippen LogP contribution >= 0.6 is 0 Å². The fourth-order valence-electron chi connectivity index (χ4n) is 2.01. The standard InChI is InChI=1S/C15H24O4/c1-9(5-6-14(18)15(3,4)19)11-8-12(16)10(2)7-13(11)17/h7-9,14,16-19H,5-6H2,1-4H3/t9-,14-/m1/s1. The molecule has 0 fully saturated rings. The van der Waals surface area contributed by atoms with E-state index in [0.29, 0.717) is 24.0 Å². The molecular formula is C15H24O4. The molecule has 0 aliphatic heterocycles. The van der Waals surface area contributed by atoms with Crippen molar-refractivity contribution in [1.82, 2.24) is 0 Å². The fraction of sp³-hybridized carbons (Fsp3) is 0.600. The van der Waals surface area contributed by atoms with E-state index in [1.54, 1.807) is 26.8 Å². The molecule has 0 saturated heterocycles. The van der Waals surface area contributed by atoms with Crippen LogP contribution in [0.1, 0.15) is 50.7 Å². The van der Waals surface area contributed by atoms with Gasteiger partial charge in [-0.3, -0.25) is 0 Å². The second-order valence-corrected chi connectivity index (χ2v) is 5.85. The van der Waals surface area contributed by atoms with Gasteiger partial charge in [0, 0.05) is 5.56 Å². The minimum atomic E-state index is -1.13. The molecule has 0 bridgehead atoms. The predicted molar refractivity (Wildman–Crippen MR) is 74.5 cm³/mol. The van der Waals surface area contributed by atoms with Crippen molar-refractivity contribution in [1.29, 1.82) is 0 Å². The van der Waals surface area contributed by atoms with Crippen molar-refractivity contribution < 1.29 is 20.4 Å². The highest BCUT2D eigenvalue weighted by Gasteiger charge is 2.25. The summed E-state index contributed by atoms with van der Waals surface area (Å²) in [5.41, 5.74) is 0.160. The number of hydrogen-bond acceptors (Lipinski definition) is 4. The minimum Gasteiger partial charge on any atom is -0.508 e. The maximum Gasteiger partial charge on any atom is 0.119 e. The van der Waals surface area contributed by atoms with Gasteiger partial charge in [0.1, 0.15) is 11.5 Å².